The molecule has 0 saturated carbocycles. The number of likely N-dealkylation sites (N-methyl/N-ethyl adjacent to an activating group) is 1. The van der Waals surface area contributed by atoms with Crippen LogP contribution in [0.25, 0.3) is 0 Å². The highest BCUT2D eigenvalue weighted by molar-refractivity contribution is 5.30. The number of hydrogen-bond donors (Lipinski definition) is 1. The van der Waals surface area contributed by atoms with Gasteiger partial charge in [0.2, 0.25) is 0 Å². The maximum absolute atomic E-state index is 5.73. The number of ether oxygens (including phenoxy) is 1. The molecule has 2 unspecified atom stereocenters. The lowest BCUT2D eigenvalue weighted by Crippen LogP contribution is -2.41. The molecule has 1 N–H and O–H groups in total. The molecule has 1 aliphatic rings. The van der Waals surface area contributed by atoms with E-state index >= 15 is 0 Å². The molecule has 1 saturated heterocycles. The lowest BCUT2D eigenvalue weighted by Gasteiger charge is -2.33. The van der Waals surface area contributed by atoms with E-state index in [0.29, 0.717) is 12.0 Å². The van der Waals surface area contributed by atoms with Crippen LogP contribution in [0.15, 0.2) is 23.5 Å². The smallest absolute Gasteiger partial charge is 0.118 e. The van der Waals surface area contributed by atoms with Crippen molar-refractivity contribution in [3.63, 3.8) is 0 Å². The van der Waals surface area contributed by atoms with Crippen LogP contribution in [0.2, 0.25) is 0 Å². The highest BCUT2D eigenvalue weighted by Crippen LogP contribution is 2.29. The third-order valence-corrected chi connectivity index (χ3v) is 2.87. The normalized spacial score (nSPS) is 24.3. The van der Waals surface area contributed by atoms with Crippen LogP contribution in [0.5, 0.6) is 0 Å². The molecule has 2 nitrogen and oxygen atoms in total. The monoisotopic (exact) mass is 285 g/mol. The molecule has 1 fully saturated rings. The van der Waals surface area contributed by atoms with E-state index in [9.17, 15) is 0 Å². The predicted octanol–water partition coefficient (Wildman–Crippen LogP) is 5.56. The number of hydrogen-bond acceptors (Lipinski definition) is 2. The summed E-state index contributed by atoms with van der Waals surface area (Å²) in [7, 11) is 1.99. The third kappa shape index (κ3) is 8.42. The Morgan fingerprint density at radius 2 is 1.65 bits per heavy atom. The summed E-state index contributed by atoms with van der Waals surface area (Å²) >= 11 is 0. The standard InChI is InChI=1S/C12H21NO.3C2H6/c1-5-7-12-10(6-2)9(3)11(13-4)8-14-12;3*1-2/h6-7,9,11,13H,5,8H2,1-4H3;3*1-2H3/b10-6-,12-7+;;;. The molecule has 0 bridgehead atoms. The highest BCUT2D eigenvalue weighted by atomic mass is 16.5. The van der Waals surface area contributed by atoms with E-state index in [1.54, 1.807) is 0 Å². The summed E-state index contributed by atoms with van der Waals surface area (Å²) in [6, 6.07) is 0.440. The van der Waals surface area contributed by atoms with Crippen LogP contribution < -0.4 is 5.32 Å². The maximum Gasteiger partial charge on any atom is 0.118 e. The highest BCUT2D eigenvalue weighted by Gasteiger charge is 2.27. The molecule has 20 heavy (non-hydrogen) atoms. The summed E-state index contributed by atoms with van der Waals surface area (Å²) in [5, 5.41) is 3.29. The van der Waals surface area contributed by atoms with Gasteiger partial charge in [0.05, 0.1) is 0 Å². The van der Waals surface area contributed by atoms with E-state index < -0.39 is 0 Å². The van der Waals surface area contributed by atoms with Crippen LogP contribution in [0.3, 0.4) is 0 Å². The van der Waals surface area contributed by atoms with Gasteiger partial charge in [-0.05, 0) is 32.0 Å². The van der Waals surface area contributed by atoms with Crippen molar-refractivity contribution in [1.29, 1.82) is 0 Å². The van der Waals surface area contributed by atoms with Gasteiger partial charge in [0, 0.05) is 12.0 Å². The second kappa shape index (κ2) is 18.2. The van der Waals surface area contributed by atoms with Crippen LogP contribution in [0.4, 0.5) is 0 Å². The quantitative estimate of drug-likeness (QED) is 0.717. The van der Waals surface area contributed by atoms with Crippen LogP contribution in [-0.4, -0.2) is 19.7 Å². The molecule has 0 spiro atoms. The Morgan fingerprint density at radius 3 is 2.00 bits per heavy atom. The fourth-order valence-corrected chi connectivity index (χ4v) is 1.95. The molecule has 122 valence electrons. The van der Waals surface area contributed by atoms with Crippen molar-refractivity contribution in [3.05, 3.63) is 23.5 Å². The molecule has 0 radical (unpaired) electrons. The first kappa shape index (κ1) is 24.3. The van der Waals surface area contributed by atoms with Gasteiger partial charge in [-0.2, -0.15) is 0 Å². The first-order valence-electron chi connectivity index (χ1n) is 8.41. The van der Waals surface area contributed by atoms with Gasteiger partial charge in [0.15, 0.2) is 0 Å². The fourth-order valence-electron chi connectivity index (χ4n) is 1.95. The molecule has 0 amide bonds. The zero-order chi connectivity index (χ0) is 16.6. The minimum Gasteiger partial charge on any atom is -0.492 e. The van der Waals surface area contributed by atoms with Crippen molar-refractivity contribution in [1.82, 2.24) is 5.32 Å². The molecule has 0 aromatic rings. The van der Waals surface area contributed by atoms with Gasteiger partial charge >= 0.3 is 0 Å². The van der Waals surface area contributed by atoms with Gasteiger partial charge in [-0.3, -0.25) is 0 Å². The molecular weight excluding hydrogens is 246 g/mol. The number of rotatable bonds is 2. The average Bonchev–Trinajstić information content (AvgIpc) is 2.54. The van der Waals surface area contributed by atoms with Gasteiger partial charge in [-0.25, -0.2) is 0 Å². The van der Waals surface area contributed by atoms with Crippen molar-refractivity contribution in [2.45, 2.75) is 74.8 Å². The summed E-state index contributed by atoms with van der Waals surface area (Å²) in [6.07, 6.45) is 5.36. The molecule has 1 aliphatic heterocycles. The Hall–Kier alpha value is -0.760. The summed E-state index contributed by atoms with van der Waals surface area (Å²) < 4.78 is 5.73. The SMILES string of the molecule is C/C=C1\C(=C/CC)OCC(NC)C1C.CC.CC.CC. The Bertz CT molecular complexity index is 244. The van der Waals surface area contributed by atoms with Gasteiger partial charge in [-0.15, -0.1) is 0 Å². The maximum atomic E-state index is 5.73. The molecule has 2 heteroatoms. The number of nitrogens with one attached hydrogen (secondary N) is 1. The van der Waals surface area contributed by atoms with E-state index in [-0.39, 0.29) is 0 Å². The second-order valence-electron chi connectivity index (χ2n) is 3.72. The first-order chi connectivity index (χ1) is 9.74. The topological polar surface area (TPSA) is 21.3 Å². The van der Waals surface area contributed by atoms with Crippen molar-refractivity contribution >= 4 is 0 Å². The summed E-state index contributed by atoms with van der Waals surface area (Å²) in [5.41, 5.74) is 1.33. The van der Waals surface area contributed by atoms with Gasteiger partial charge < -0.3 is 10.1 Å². The Kier molecular flexibility index (Phi) is 22.1. The first-order valence-corrected chi connectivity index (χ1v) is 8.41. The molecule has 0 aromatic carbocycles. The van der Waals surface area contributed by atoms with E-state index in [2.05, 4.69) is 38.2 Å². The van der Waals surface area contributed by atoms with E-state index in [4.69, 9.17) is 4.74 Å². The van der Waals surface area contributed by atoms with Crippen LogP contribution >= 0.6 is 0 Å². The van der Waals surface area contributed by atoms with Crippen LogP contribution in [0.1, 0.15) is 68.7 Å². The predicted molar refractivity (Wildman–Crippen MR) is 94.1 cm³/mol. The lowest BCUT2D eigenvalue weighted by molar-refractivity contribution is 0.136. The minimum atomic E-state index is 0.440. The zero-order valence-corrected chi connectivity index (χ0v) is 15.6. The van der Waals surface area contributed by atoms with E-state index in [0.717, 1.165) is 18.8 Å². The Balaban J connectivity index is -0.000000425. The van der Waals surface area contributed by atoms with Gasteiger partial charge in [0.25, 0.3) is 0 Å². The summed E-state index contributed by atoms with van der Waals surface area (Å²) in [6.45, 7) is 19.2. The van der Waals surface area contributed by atoms with E-state index in [1.165, 1.54) is 5.57 Å². The van der Waals surface area contributed by atoms with Crippen LogP contribution in [-0.2, 0) is 4.74 Å². The Labute approximate surface area is 128 Å². The third-order valence-electron chi connectivity index (χ3n) is 2.87. The van der Waals surface area contributed by atoms with Crippen molar-refractivity contribution in [3.8, 4) is 0 Å². The van der Waals surface area contributed by atoms with E-state index in [1.807, 2.05) is 48.6 Å². The molecule has 1 heterocycles. The zero-order valence-electron chi connectivity index (χ0n) is 15.6. The van der Waals surface area contributed by atoms with Crippen molar-refractivity contribution in [2.75, 3.05) is 13.7 Å². The second-order valence-corrected chi connectivity index (χ2v) is 3.72. The number of allylic oxidation sites excluding steroid dienone is 3. The molecule has 2 atom stereocenters. The molecular formula is C18H39NO. The summed E-state index contributed by atoms with van der Waals surface area (Å²) in [4.78, 5) is 0. The lowest BCUT2D eigenvalue weighted by atomic mass is 9.89. The van der Waals surface area contributed by atoms with Gasteiger partial charge in [-0.1, -0.05) is 61.5 Å². The van der Waals surface area contributed by atoms with Crippen molar-refractivity contribution in [2.24, 2.45) is 5.92 Å². The molecule has 0 aliphatic carbocycles. The van der Waals surface area contributed by atoms with Crippen molar-refractivity contribution < 1.29 is 4.74 Å². The average molecular weight is 286 g/mol. The van der Waals surface area contributed by atoms with Gasteiger partial charge in [0.1, 0.15) is 12.4 Å². The molecule has 1 rings (SSSR count). The fraction of sp³-hybridized carbons (Fsp3) is 0.778. The summed E-state index contributed by atoms with van der Waals surface area (Å²) in [5.74, 6) is 1.62. The largest absolute Gasteiger partial charge is 0.492 e. The molecule has 0 aromatic heterocycles. The minimum absolute atomic E-state index is 0.440. The van der Waals surface area contributed by atoms with Crippen LogP contribution in [0, 0.1) is 5.92 Å². The Morgan fingerprint density at radius 1 is 1.15 bits per heavy atom.